The summed E-state index contributed by atoms with van der Waals surface area (Å²) >= 11 is 0. The molecule has 0 heterocycles. The van der Waals surface area contributed by atoms with E-state index in [1.807, 2.05) is 6.08 Å². The first-order chi connectivity index (χ1) is 5.30. The second-order valence-corrected chi connectivity index (χ2v) is 3.05. The van der Waals surface area contributed by atoms with Crippen LogP contribution in [0, 0.1) is 0 Å². The van der Waals surface area contributed by atoms with Crippen LogP contribution in [-0.4, -0.2) is 5.91 Å². The molecule has 62 valence electrons. The van der Waals surface area contributed by atoms with Gasteiger partial charge in [-0.05, 0) is 25.7 Å². The maximum absolute atomic E-state index is 10.8. The van der Waals surface area contributed by atoms with Crippen LogP contribution in [0.3, 0.4) is 0 Å². The van der Waals surface area contributed by atoms with Gasteiger partial charge in [0.1, 0.15) is 0 Å². The number of allylic oxidation sites excluding steroid dienone is 1. The molecule has 0 aliphatic heterocycles. The van der Waals surface area contributed by atoms with Crippen LogP contribution in [0.1, 0.15) is 38.5 Å². The van der Waals surface area contributed by atoms with E-state index in [0.29, 0.717) is 0 Å². The van der Waals surface area contributed by atoms with E-state index in [0.717, 1.165) is 24.8 Å². The van der Waals surface area contributed by atoms with Gasteiger partial charge >= 0.3 is 0 Å². The highest BCUT2D eigenvalue weighted by molar-refractivity contribution is 5.91. The van der Waals surface area contributed by atoms with E-state index in [1.54, 1.807) is 0 Å². The summed E-state index contributed by atoms with van der Waals surface area (Å²) in [4.78, 5) is 10.8. The lowest BCUT2D eigenvalue weighted by Crippen LogP contribution is -2.14. The van der Waals surface area contributed by atoms with Crippen molar-refractivity contribution >= 4 is 5.91 Å². The number of amides is 1. The van der Waals surface area contributed by atoms with Gasteiger partial charge < -0.3 is 5.73 Å². The van der Waals surface area contributed by atoms with Crippen molar-refractivity contribution in [3.05, 3.63) is 11.6 Å². The monoisotopic (exact) mass is 153 g/mol. The molecule has 1 aliphatic rings. The fourth-order valence-electron chi connectivity index (χ4n) is 1.42. The lowest BCUT2D eigenvalue weighted by Gasteiger charge is -2.07. The van der Waals surface area contributed by atoms with Gasteiger partial charge in [0.05, 0.1) is 0 Å². The van der Waals surface area contributed by atoms with Gasteiger partial charge in [0, 0.05) is 5.57 Å². The lowest BCUT2D eigenvalue weighted by molar-refractivity contribution is -0.114. The van der Waals surface area contributed by atoms with Gasteiger partial charge in [0.25, 0.3) is 0 Å². The summed E-state index contributed by atoms with van der Waals surface area (Å²) < 4.78 is 0. The Morgan fingerprint density at radius 1 is 1.27 bits per heavy atom. The van der Waals surface area contributed by atoms with Crippen molar-refractivity contribution in [3.63, 3.8) is 0 Å². The molecule has 2 heteroatoms. The second kappa shape index (κ2) is 4.16. The van der Waals surface area contributed by atoms with Crippen LogP contribution in [0.25, 0.3) is 0 Å². The molecule has 2 N–H and O–H groups in total. The first-order valence-electron chi connectivity index (χ1n) is 4.29. The molecule has 0 saturated carbocycles. The van der Waals surface area contributed by atoms with Crippen molar-refractivity contribution < 1.29 is 4.79 Å². The number of primary amides is 1. The Hall–Kier alpha value is -0.790. The summed E-state index contributed by atoms with van der Waals surface area (Å²) in [6.07, 6.45) is 8.77. The molecule has 0 unspecified atom stereocenters. The molecule has 0 saturated heterocycles. The lowest BCUT2D eigenvalue weighted by atomic mass is 10.00. The molecule has 0 aromatic heterocycles. The van der Waals surface area contributed by atoms with E-state index in [4.69, 9.17) is 5.73 Å². The maximum atomic E-state index is 10.8. The summed E-state index contributed by atoms with van der Waals surface area (Å²) in [5.74, 6) is -0.230. The molecule has 1 rings (SSSR count). The number of carbonyl (C=O) groups is 1. The van der Waals surface area contributed by atoms with Crippen LogP contribution >= 0.6 is 0 Å². The Morgan fingerprint density at radius 3 is 2.73 bits per heavy atom. The molecule has 0 fully saturated rings. The number of nitrogens with two attached hydrogens (primary N) is 1. The minimum absolute atomic E-state index is 0.230. The highest BCUT2D eigenvalue weighted by Crippen LogP contribution is 2.16. The van der Waals surface area contributed by atoms with Crippen LogP contribution in [-0.2, 0) is 4.79 Å². The third kappa shape index (κ3) is 2.74. The number of rotatable bonds is 1. The van der Waals surface area contributed by atoms with Crippen LogP contribution < -0.4 is 5.73 Å². The van der Waals surface area contributed by atoms with E-state index in [2.05, 4.69) is 0 Å². The van der Waals surface area contributed by atoms with Crippen molar-refractivity contribution in [2.45, 2.75) is 38.5 Å². The minimum Gasteiger partial charge on any atom is -0.366 e. The van der Waals surface area contributed by atoms with E-state index in [-0.39, 0.29) is 5.91 Å². The molecule has 0 bridgehead atoms. The van der Waals surface area contributed by atoms with Gasteiger partial charge in [0.15, 0.2) is 0 Å². The molecular weight excluding hydrogens is 138 g/mol. The Balaban J connectivity index is 2.52. The first kappa shape index (κ1) is 8.31. The average molecular weight is 153 g/mol. The number of carbonyl (C=O) groups excluding carboxylic acids is 1. The van der Waals surface area contributed by atoms with Gasteiger partial charge in [-0.15, -0.1) is 0 Å². The summed E-state index contributed by atoms with van der Waals surface area (Å²) in [5.41, 5.74) is 6.02. The molecule has 2 nitrogen and oxygen atoms in total. The van der Waals surface area contributed by atoms with Crippen molar-refractivity contribution in [1.82, 2.24) is 0 Å². The third-order valence-electron chi connectivity index (χ3n) is 2.11. The van der Waals surface area contributed by atoms with Gasteiger partial charge in [-0.1, -0.05) is 18.9 Å². The predicted octanol–water partition coefficient (Wildman–Crippen LogP) is 1.75. The fraction of sp³-hybridized carbons (Fsp3) is 0.667. The van der Waals surface area contributed by atoms with Crippen LogP contribution in [0.2, 0.25) is 0 Å². The molecule has 1 aliphatic carbocycles. The molecular formula is C9H15NO. The number of hydrogen-bond acceptors (Lipinski definition) is 1. The molecule has 0 aromatic rings. The Labute approximate surface area is 67.5 Å². The summed E-state index contributed by atoms with van der Waals surface area (Å²) in [7, 11) is 0. The smallest absolute Gasteiger partial charge is 0.244 e. The Morgan fingerprint density at radius 2 is 2.00 bits per heavy atom. The van der Waals surface area contributed by atoms with Gasteiger partial charge in [-0.25, -0.2) is 0 Å². The van der Waals surface area contributed by atoms with Crippen molar-refractivity contribution in [2.24, 2.45) is 5.73 Å². The van der Waals surface area contributed by atoms with Crippen molar-refractivity contribution in [2.75, 3.05) is 0 Å². The molecule has 0 atom stereocenters. The van der Waals surface area contributed by atoms with Crippen LogP contribution in [0.5, 0.6) is 0 Å². The average Bonchev–Trinajstić information content (AvgIpc) is 1.84. The largest absolute Gasteiger partial charge is 0.366 e. The standard InChI is InChI=1S/C9H15NO/c10-9(11)8-6-4-2-1-3-5-7-8/h6H,1-5,7H2,(H2,10,11)/b8-6+. The highest BCUT2D eigenvalue weighted by atomic mass is 16.1. The zero-order valence-electron chi connectivity index (χ0n) is 6.81. The summed E-state index contributed by atoms with van der Waals surface area (Å²) in [5, 5.41) is 0. The molecule has 1 amide bonds. The highest BCUT2D eigenvalue weighted by Gasteiger charge is 2.05. The summed E-state index contributed by atoms with van der Waals surface area (Å²) in [6.45, 7) is 0. The van der Waals surface area contributed by atoms with E-state index >= 15 is 0 Å². The topological polar surface area (TPSA) is 43.1 Å². The summed E-state index contributed by atoms with van der Waals surface area (Å²) in [6, 6.07) is 0. The number of hydrogen-bond donors (Lipinski definition) is 1. The Bertz CT molecular complexity index is 172. The second-order valence-electron chi connectivity index (χ2n) is 3.05. The maximum Gasteiger partial charge on any atom is 0.244 e. The van der Waals surface area contributed by atoms with Gasteiger partial charge in [-0.3, -0.25) is 4.79 Å². The molecule has 0 spiro atoms. The zero-order chi connectivity index (χ0) is 8.10. The van der Waals surface area contributed by atoms with Crippen LogP contribution in [0.4, 0.5) is 0 Å². The van der Waals surface area contributed by atoms with E-state index < -0.39 is 0 Å². The fourth-order valence-corrected chi connectivity index (χ4v) is 1.42. The SMILES string of the molecule is NC(=O)/C1=C/CCCCCC1. The molecule has 0 radical (unpaired) electrons. The van der Waals surface area contributed by atoms with Crippen molar-refractivity contribution in [3.8, 4) is 0 Å². The van der Waals surface area contributed by atoms with Gasteiger partial charge in [0.2, 0.25) is 5.91 Å². The normalized spacial score (nSPS) is 24.5. The van der Waals surface area contributed by atoms with Crippen LogP contribution in [0.15, 0.2) is 11.6 Å². The molecule has 0 aromatic carbocycles. The molecule has 11 heavy (non-hydrogen) atoms. The third-order valence-corrected chi connectivity index (χ3v) is 2.11. The predicted molar refractivity (Wildman–Crippen MR) is 45.0 cm³/mol. The van der Waals surface area contributed by atoms with E-state index in [1.165, 1.54) is 19.3 Å². The van der Waals surface area contributed by atoms with E-state index in [9.17, 15) is 4.79 Å². The van der Waals surface area contributed by atoms with Crippen molar-refractivity contribution in [1.29, 1.82) is 0 Å². The quantitative estimate of drug-likeness (QED) is 0.612. The first-order valence-corrected chi connectivity index (χ1v) is 4.29. The van der Waals surface area contributed by atoms with Gasteiger partial charge in [-0.2, -0.15) is 0 Å². The Kier molecular flexibility index (Phi) is 3.14. The minimum atomic E-state index is -0.230. The zero-order valence-corrected chi connectivity index (χ0v) is 6.81.